The minimum Gasteiger partial charge on any atom is -0.468 e. The fraction of sp³-hybridized carbons (Fsp3) is 0.452. The van der Waals surface area contributed by atoms with Gasteiger partial charge in [0.25, 0.3) is 5.91 Å². The number of benzene rings is 2. The maximum Gasteiger partial charge on any atom is 0.253 e. The molecule has 0 aliphatic carbocycles. The first-order valence-corrected chi connectivity index (χ1v) is 14.1. The van der Waals surface area contributed by atoms with E-state index in [0.29, 0.717) is 18.0 Å². The number of hydrogen-bond acceptors (Lipinski definition) is 7. The molecule has 1 aromatic heterocycles. The van der Waals surface area contributed by atoms with Crippen molar-refractivity contribution in [2.75, 3.05) is 51.2 Å². The van der Waals surface area contributed by atoms with Gasteiger partial charge in [-0.3, -0.25) is 4.79 Å². The van der Waals surface area contributed by atoms with Crippen LogP contribution in [0.3, 0.4) is 0 Å². The predicted molar refractivity (Wildman–Crippen MR) is 150 cm³/mol. The number of nitrogens with zero attached hydrogens (tertiary/aromatic N) is 4. The van der Waals surface area contributed by atoms with Crippen LogP contribution in [0.1, 0.15) is 59.8 Å². The normalized spacial score (nSPS) is 24.8. The minimum atomic E-state index is -0.543. The number of piperazine rings is 1. The first-order valence-electron chi connectivity index (χ1n) is 14.1. The smallest absolute Gasteiger partial charge is 0.253 e. The first kappa shape index (κ1) is 25.8. The summed E-state index contributed by atoms with van der Waals surface area (Å²) in [6.45, 7) is 10.3. The number of carbonyl (C=O) groups excluding carboxylic acids is 1. The lowest BCUT2D eigenvalue weighted by atomic mass is 9.71. The van der Waals surface area contributed by atoms with Crippen molar-refractivity contribution in [1.29, 1.82) is 0 Å². The average Bonchev–Trinajstić information content (AvgIpc) is 3.63. The Morgan fingerprint density at radius 3 is 2.51 bits per heavy atom. The maximum absolute atomic E-state index is 13.2. The predicted octanol–water partition coefficient (Wildman–Crippen LogP) is 4.28. The molecule has 0 spiro atoms. The molecule has 0 bridgehead atoms. The zero-order chi connectivity index (χ0) is 26.8. The minimum absolute atomic E-state index is 0.0882. The zero-order valence-corrected chi connectivity index (χ0v) is 22.8. The Morgan fingerprint density at radius 1 is 1.05 bits per heavy atom. The molecule has 3 aliphatic heterocycles. The Hall–Kier alpha value is -3.49. The Morgan fingerprint density at radius 2 is 1.82 bits per heavy atom. The van der Waals surface area contributed by atoms with Crippen LogP contribution in [-0.4, -0.2) is 77.7 Å². The van der Waals surface area contributed by atoms with Crippen molar-refractivity contribution < 1.29 is 14.3 Å². The summed E-state index contributed by atoms with van der Waals surface area (Å²) >= 11 is 0. The second kappa shape index (κ2) is 10.9. The van der Waals surface area contributed by atoms with Gasteiger partial charge < -0.3 is 24.6 Å². The molecule has 0 radical (unpaired) electrons. The van der Waals surface area contributed by atoms with Gasteiger partial charge in [-0.05, 0) is 49.6 Å². The maximum atomic E-state index is 13.2. The summed E-state index contributed by atoms with van der Waals surface area (Å²) in [6, 6.07) is 18.3. The molecular formula is C31H37N5O3. The monoisotopic (exact) mass is 527 g/mol. The number of likely N-dealkylation sites (N-methyl/N-ethyl adjacent to an activating group) is 1. The number of rotatable bonds is 7. The second-order valence-electron chi connectivity index (χ2n) is 10.8. The third-order valence-electron chi connectivity index (χ3n) is 8.55. The zero-order valence-electron chi connectivity index (χ0n) is 22.8. The highest BCUT2D eigenvalue weighted by molar-refractivity contribution is 5.94. The lowest BCUT2D eigenvalue weighted by molar-refractivity contribution is 0.0643. The summed E-state index contributed by atoms with van der Waals surface area (Å²) in [5, 5.41) is 3.54. The molecule has 1 N–H and O–H groups in total. The van der Waals surface area contributed by atoms with Crippen LogP contribution in [0, 0.1) is 0 Å². The van der Waals surface area contributed by atoms with Crippen molar-refractivity contribution in [1.82, 2.24) is 19.8 Å². The van der Waals surface area contributed by atoms with Crippen molar-refractivity contribution in [2.24, 2.45) is 0 Å². The van der Waals surface area contributed by atoms with Crippen molar-refractivity contribution in [3.8, 4) is 5.88 Å². The van der Waals surface area contributed by atoms with E-state index in [-0.39, 0.29) is 18.1 Å². The molecule has 39 heavy (non-hydrogen) atoms. The fourth-order valence-electron chi connectivity index (χ4n) is 6.17. The Bertz CT molecular complexity index is 1290. The van der Waals surface area contributed by atoms with Crippen molar-refractivity contribution in [3.05, 3.63) is 83.2 Å². The third kappa shape index (κ3) is 4.87. The highest BCUT2D eigenvalue weighted by Crippen LogP contribution is 2.55. The van der Waals surface area contributed by atoms with Gasteiger partial charge in [0.15, 0.2) is 0 Å². The van der Waals surface area contributed by atoms with Crippen molar-refractivity contribution >= 4 is 11.7 Å². The third-order valence-corrected chi connectivity index (χ3v) is 8.55. The quantitative estimate of drug-likeness (QED) is 0.491. The summed E-state index contributed by atoms with van der Waals surface area (Å²) in [6.07, 6.45) is 3.56. The molecule has 2 aromatic carbocycles. The molecule has 2 saturated heterocycles. The molecule has 0 saturated carbocycles. The molecule has 204 valence electrons. The van der Waals surface area contributed by atoms with Gasteiger partial charge in [-0.25, -0.2) is 9.97 Å². The number of anilines is 1. The molecule has 3 aromatic rings. The lowest BCUT2D eigenvalue weighted by Crippen LogP contribution is -2.48. The number of amides is 1. The lowest BCUT2D eigenvalue weighted by Gasteiger charge is -2.34. The Kier molecular flexibility index (Phi) is 7.23. The van der Waals surface area contributed by atoms with Crippen LogP contribution in [0.5, 0.6) is 5.88 Å². The van der Waals surface area contributed by atoms with E-state index in [1.165, 1.54) is 0 Å². The molecule has 8 heteroatoms. The number of nitrogens with one attached hydrogen (secondary N) is 1. The summed E-state index contributed by atoms with van der Waals surface area (Å²) in [4.78, 5) is 26.7. The molecule has 3 aliphatic rings. The first-order chi connectivity index (χ1) is 19.1. The van der Waals surface area contributed by atoms with Crippen LogP contribution < -0.4 is 10.1 Å². The van der Waals surface area contributed by atoms with Gasteiger partial charge in [-0.15, -0.1) is 0 Å². The molecule has 4 heterocycles. The number of fused-ring (bicyclic) bond motifs is 1. The van der Waals surface area contributed by atoms with Gasteiger partial charge in [0.2, 0.25) is 5.88 Å². The standard InChI is InChI=1S/C31H37N5O3/c1-3-35-15-17-36(18-16-35)30(37)23-13-11-22(12-14-23)27-31(2,24-8-5-4-6-9-24)26-28(33-21-34-29(26)39-27)32-20-25-10-7-19-38-25/h4-6,8-9,11-14,21,25,27H,3,7,10,15-20H2,1-2H3,(H,32,33,34)/t25-,27?,31?/m0/s1. The molecule has 6 rings (SSSR count). The number of ether oxygens (including phenoxy) is 2. The van der Waals surface area contributed by atoms with Gasteiger partial charge in [0.1, 0.15) is 18.2 Å². The van der Waals surface area contributed by atoms with E-state index in [4.69, 9.17) is 9.47 Å². The molecule has 2 fully saturated rings. The largest absolute Gasteiger partial charge is 0.468 e. The van der Waals surface area contributed by atoms with Gasteiger partial charge in [-0.1, -0.05) is 49.4 Å². The molecule has 8 nitrogen and oxygen atoms in total. The number of hydrogen-bond donors (Lipinski definition) is 1. The van der Waals surface area contributed by atoms with E-state index < -0.39 is 5.41 Å². The fourth-order valence-corrected chi connectivity index (χ4v) is 6.17. The number of aromatic nitrogens is 2. The van der Waals surface area contributed by atoms with E-state index in [0.717, 1.165) is 74.7 Å². The highest BCUT2D eigenvalue weighted by Gasteiger charge is 2.50. The van der Waals surface area contributed by atoms with E-state index >= 15 is 0 Å². The summed E-state index contributed by atoms with van der Waals surface area (Å²) in [5.74, 6) is 1.46. The van der Waals surface area contributed by atoms with Crippen LogP contribution in [0.15, 0.2) is 60.9 Å². The molecule has 2 unspecified atom stereocenters. The van der Waals surface area contributed by atoms with Gasteiger partial charge in [-0.2, -0.15) is 0 Å². The molecule has 1 amide bonds. The SMILES string of the molecule is CCN1CCN(C(=O)c2ccc(C3Oc4ncnc(NC[C@@H]5CCCO5)c4C3(C)c3ccccc3)cc2)CC1. The van der Waals surface area contributed by atoms with Crippen molar-refractivity contribution in [3.63, 3.8) is 0 Å². The van der Waals surface area contributed by atoms with Gasteiger partial charge in [0.05, 0.1) is 17.1 Å². The van der Waals surface area contributed by atoms with Gasteiger partial charge >= 0.3 is 0 Å². The van der Waals surface area contributed by atoms with E-state index in [9.17, 15) is 4.79 Å². The average molecular weight is 528 g/mol. The van der Waals surface area contributed by atoms with Crippen LogP contribution in [0.4, 0.5) is 5.82 Å². The molecular weight excluding hydrogens is 490 g/mol. The van der Waals surface area contributed by atoms with Crippen molar-refractivity contribution in [2.45, 2.75) is 44.3 Å². The second-order valence-corrected chi connectivity index (χ2v) is 10.8. The topological polar surface area (TPSA) is 79.8 Å². The summed E-state index contributed by atoms with van der Waals surface area (Å²) in [5.41, 5.74) is 3.24. The van der Waals surface area contributed by atoms with Crippen LogP contribution >= 0.6 is 0 Å². The van der Waals surface area contributed by atoms with E-state index in [1.807, 2.05) is 35.2 Å². The Labute approximate surface area is 230 Å². The molecule has 3 atom stereocenters. The Balaban J connectivity index is 1.30. The van der Waals surface area contributed by atoms with Gasteiger partial charge in [0, 0.05) is 44.9 Å². The van der Waals surface area contributed by atoms with Crippen LogP contribution in [0.2, 0.25) is 0 Å². The summed E-state index contributed by atoms with van der Waals surface area (Å²) in [7, 11) is 0. The van der Waals surface area contributed by atoms with E-state index in [2.05, 4.69) is 58.3 Å². The highest BCUT2D eigenvalue weighted by atomic mass is 16.5. The number of carbonyl (C=O) groups is 1. The van der Waals surface area contributed by atoms with E-state index in [1.54, 1.807) is 6.33 Å². The summed E-state index contributed by atoms with van der Waals surface area (Å²) < 4.78 is 12.4. The van der Waals surface area contributed by atoms with Crippen LogP contribution in [0.25, 0.3) is 0 Å². The van der Waals surface area contributed by atoms with Crippen LogP contribution in [-0.2, 0) is 10.2 Å².